The molecule has 0 spiro atoms. The number of benzene rings is 1. The molecule has 2 aromatic heterocycles. The van der Waals surface area contributed by atoms with Crippen molar-refractivity contribution in [2.45, 2.75) is 34.1 Å². The molecule has 0 aliphatic carbocycles. The van der Waals surface area contributed by atoms with Gasteiger partial charge in [-0.15, -0.1) is 0 Å². The second-order valence-corrected chi connectivity index (χ2v) is 7.84. The molecule has 0 saturated carbocycles. The van der Waals surface area contributed by atoms with E-state index in [-0.39, 0.29) is 0 Å². The Morgan fingerprint density at radius 2 is 1.88 bits per heavy atom. The predicted molar refractivity (Wildman–Crippen MR) is 109 cm³/mol. The van der Waals surface area contributed by atoms with Gasteiger partial charge in [0.05, 0.1) is 24.0 Å². The number of nitrogens with zero attached hydrogens (tertiary/aromatic N) is 2. The van der Waals surface area contributed by atoms with Crippen LogP contribution in [0.15, 0.2) is 42.7 Å². The molecule has 3 aromatic rings. The number of fused-ring (bicyclic) bond motifs is 1. The SMILES string of the molecule is Cc1cc(-c2ccnc3ccc(Cl)cc23)ncc1OC[C@@H](C)CC(C)C. The van der Waals surface area contributed by atoms with E-state index in [0.29, 0.717) is 23.5 Å². The molecule has 3 rings (SSSR count). The molecule has 26 heavy (non-hydrogen) atoms. The van der Waals surface area contributed by atoms with Crippen molar-refractivity contribution in [1.29, 1.82) is 0 Å². The number of aryl methyl sites for hydroxylation is 1. The molecule has 0 aliphatic heterocycles. The minimum atomic E-state index is 0.528. The van der Waals surface area contributed by atoms with E-state index >= 15 is 0 Å². The Kier molecular flexibility index (Phi) is 5.77. The lowest BCUT2D eigenvalue weighted by Gasteiger charge is -2.16. The summed E-state index contributed by atoms with van der Waals surface area (Å²) in [7, 11) is 0. The molecule has 0 saturated heterocycles. The van der Waals surface area contributed by atoms with Gasteiger partial charge in [-0.2, -0.15) is 0 Å². The topological polar surface area (TPSA) is 35.0 Å². The zero-order chi connectivity index (χ0) is 18.7. The number of halogens is 1. The Morgan fingerprint density at radius 1 is 1.08 bits per heavy atom. The lowest BCUT2D eigenvalue weighted by molar-refractivity contribution is 0.237. The van der Waals surface area contributed by atoms with Crippen LogP contribution in [0.1, 0.15) is 32.8 Å². The van der Waals surface area contributed by atoms with Crippen LogP contribution in [-0.2, 0) is 0 Å². The second-order valence-electron chi connectivity index (χ2n) is 7.40. The van der Waals surface area contributed by atoms with Gasteiger partial charge in [0.15, 0.2) is 0 Å². The standard InChI is InChI=1S/C22H25ClN2O/c1-14(2)9-15(3)13-26-22-12-25-21(10-16(22)4)18-7-8-24-20-6-5-17(23)11-19(18)20/h5-8,10-12,14-15H,9,13H2,1-4H3/t15-/m0/s1. The van der Waals surface area contributed by atoms with Crippen LogP contribution in [0.5, 0.6) is 5.75 Å². The number of hydrogen-bond acceptors (Lipinski definition) is 3. The lowest BCUT2D eigenvalue weighted by atomic mass is 10.00. The van der Waals surface area contributed by atoms with Gasteiger partial charge in [0.25, 0.3) is 0 Å². The average molecular weight is 369 g/mol. The Balaban J connectivity index is 1.85. The van der Waals surface area contributed by atoms with E-state index in [1.54, 1.807) is 6.20 Å². The van der Waals surface area contributed by atoms with Crippen LogP contribution >= 0.6 is 11.6 Å². The van der Waals surface area contributed by atoms with E-state index in [9.17, 15) is 0 Å². The summed E-state index contributed by atoms with van der Waals surface area (Å²) >= 11 is 6.17. The number of hydrogen-bond donors (Lipinski definition) is 0. The zero-order valence-electron chi connectivity index (χ0n) is 15.8. The van der Waals surface area contributed by atoms with Gasteiger partial charge in [0.2, 0.25) is 0 Å². The Morgan fingerprint density at radius 3 is 2.62 bits per heavy atom. The van der Waals surface area contributed by atoms with Crippen LogP contribution < -0.4 is 4.74 Å². The van der Waals surface area contributed by atoms with E-state index < -0.39 is 0 Å². The summed E-state index contributed by atoms with van der Waals surface area (Å²) in [6.45, 7) is 9.48. The van der Waals surface area contributed by atoms with E-state index in [0.717, 1.165) is 39.9 Å². The van der Waals surface area contributed by atoms with Crippen molar-refractivity contribution >= 4 is 22.5 Å². The fourth-order valence-corrected chi connectivity index (χ4v) is 3.46. The van der Waals surface area contributed by atoms with Crippen LogP contribution in [0.2, 0.25) is 5.02 Å². The molecule has 1 aromatic carbocycles. The molecular weight excluding hydrogens is 344 g/mol. The Labute approximate surface area is 160 Å². The summed E-state index contributed by atoms with van der Waals surface area (Å²) in [5.74, 6) is 2.06. The molecule has 0 unspecified atom stereocenters. The molecule has 0 amide bonds. The van der Waals surface area contributed by atoms with Crippen molar-refractivity contribution in [1.82, 2.24) is 9.97 Å². The maximum absolute atomic E-state index is 6.17. The monoisotopic (exact) mass is 368 g/mol. The van der Waals surface area contributed by atoms with E-state index in [1.807, 2.05) is 30.5 Å². The van der Waals surface area contributed by atoms with Gasteiger partial charge in [0, 0.05) is 22.2 Å². The quantitative estimate of drug-likeness (QED) is 0.510. The van der Waals surface area contributed by atoms with Gasteiger partial charge in [-0.05, 0) is 61.1 Å². The van der Waals surface area contributed by atoms with Crippen LogP contribution in [0, 0.1) is 18.8 Å². The van der Waals surface area contributed by atoms with Gasteiger partial charge >= 0.3 is 0 Å². The minimum Gasteiger partial charge on any atom is -0.491 e. The van der Waals surface area contributed by atoms with E-state index in [4.69, 9.17) is 16.3 Å². The van der Waals surface area contributed by atoms with Gasteiger partial charge in [0.1, 0.15) is 5.75 Å². The van der Waals surface area contributed by atoms with Crippen LogP contribution in [0.25, 0.3) is 22.2 Å². The molecule has 0 N–H and O–H groups in total. The third kappa shape index (κ3) is 4.34. The summed E-state index contributed by atoms with van der Waals surface area (Å²) in [5, 5.41) is 1.70. The van der Waals surface area contributed by atoms with Crippen molar-refractivity contribution in [3.63, 3.8) is 0 Å². The zero-order valence-corrected chi connectivity index (χ0v) is 16.5. The van der Waals surface area contributed by atoms with E-state index in [2.05, 4.69) is 43.7 Å². The average Bonchev–Trinajstić information content (AvgIpc) is 2.59. The lowest BCUT2D eigenvalue weighted by Crippen LogP contribution is -2.11. The summed E-state index contributed by atoms with van der Waals surface area (Å²) in [4.78, 5) is 9.04. The van der Waals surface area contributed by atoms with Gasteiger partial charge in [-0.3, -0.25) is 9.97 Å². The maximum Gasteiger partial charge on any atom is 0.140 e. The fourth-order valence-electron chi connectivity index (χ4n) is 3.29. The molecule has 0 aliphatic rings. The van der Waals surface area contributed by atoms with Crippen molar-refractivity contribution in [2.24, 2.45) is 11.8 Å². The molecule has 1 atom stereocenters. The second kappa shape index (κ2) is 8.05. The first-order valence-electron chi connectivity index (χ1n) is 9.08. The summed E-state index contributed by atoms with van der Waals surface area (Å²) in [6, 6.07) is 9.77. The van der Waals surface area contributed by atoms with Crippen molar-refractivity contribution in [3.8, 4) is 17.0 Å². The minimum absolute atomic E-state index is 0.528. The first-order chi connectivity index (χ1) is 12.4. The van der Waals surface area contributed by atoms with Crippen molar-refractivity contribution in [2.75, 3.05) is 6.61 Å². The van der Waals surface area contributed by atoms with Crippen LogP contribution in [0.3, 0.4) is 0 Å². The number of rotatable bonds is 6. The molecule has 136 valence electrons. The van der Waals surface area contributed by atoms with Gasteiger partial charge in [-0.25, -0.2) is 0 Å². The molecular formula is C22H25ClN2O. The molecule has 0 radical (unpaired) electrons. The number of pyridine rings is 2. The molecule has 3 nitrogen and oxygen atoms in total. The Bertz CT molecular complexity index is 908. The van der Waals surface area contributed by atoms with Crippen LogP contribution in [-0.4, -0.2) is 16.6 Å². The van der Waals surface area contributed by atoms with Crippen molar-refractivity contribution < 1.29 is 4.74 Å². The maximum atomic E-state index is 6.17. The summed E-state index contributed by atoms with van der Waals surface area (Å²) in [5.41, 5.74) is 3.92. The summed E-state index contributed by atoms with van der Waals surface area (Å²) < 4.78 is 6.00. The largest absolute Gasteiger partial charge is 0.491 e. The fraction of sp³-hybridized carbons (Fsp3) is 0.364. The highest BCUT2D eigenvalue weighted by Crippen LogP contribution is 2.30. The third-order valence-electron chi connectivity index (χ3n) is 4.44. The summed E-state index contributed by atoms with van der Waals surface area (Å²) in [6.07, 6.45) is 4.79. The Hall–Kier alpha value is -2.13. The van der Waals surface area contributed by atoms with Gasteiger partial charge in [-0.1, -0.05) is 32.4 Å². The van der Waals surface area contributed by atoms with Crippen molar-refractivity contribution in [3.05, 3.63) is 53.3 Å². The predicted octanol–water partition coefficient (Wildman–Crippen LogP) is 6.32. The highest BCUT2D eigenvalue weighted by atomic mass is 35.5. The van der Waals surface area contributed by atoms with Crippen LogP contribution in [0.4, 0.5) is 0 Å². The highest BCUT2D eigenvalue weighted by Gasteiger charge is 2.11. The number of aromatic nitrogens is 2. The first kappa shape index (κ1) is 18.7. The smallest absolute Gasteiger partial charge is 0.140 e. The molecule has 0 bridgehead atoms. The molecule has 2 heterocycles. The van der Waals surface area contributed by atoms with Gasteiger partial charge < -0.3 is 4.74 Å². The normalized spacial score (nSPS) is 12.5. The number of ether oxygens (including phenoxy) is 1. The molecule has 4 heteroatoms. The van der Waals surface area contributed by atoms with E-state index in [1.165, 1.54) is 0 Å². The highest BCUT2D eigenvalue weighted by molar-refractivity contribution is 6.31. The molecule has 0 fully saturated rings. The third-order valence-corrected chi connectivity index (χ3v) is 4.67. The first-order valence-corrected chi connectivity index (χ1v) is 9.46.